The first-order chi connectivity index (χ1) is 6.47. The summed E-state index contributed by atoms with van der Waals surface area (Å²) in [5, 5.41) is 0. The number of hydrogen-bond acceptors (Lipinski definition) is 4. The Bertz CT molecular complexity index is 244. The van der Waals surface area contributed by atoms with Gasteiger partial charge in [-0.15, -0.1) is 0 Å². The molecule has 3 nitrogen and oxygen atoms in total. The van der Waals surface area contributed by atoms with Gasteiger partial charge in [-0.25, -0.2) is 9.97 Å². The molecule has 0 spiro atoms. The summed E-state index contributed by atoms with van der Waals surface area (Å²) in [5.74, 6) is 3.56. The number of hydrogen-bond donors (Lipinski definition) is 0. The minimum Gasteiger partial charge on any atom is -0.356 e. The molecule has 0 unspecified atom stereocenters. The van der Waals surface area contributed by atoms with Gasteiger partial charge in [0.1, 0.15) is 12.1 Å². The summed E-state index contributed by atoms with van der Waals surface area (Å²) in [6.45, 7) is 2.24. The van der Waals surface area contributed by atoms with E-state index in [9.17, 15) is 0 Å². The Hall–Kier alpha value is -0.770. The van der Waals surface area contributed by atoms with Crippen LogP contribution < -0.4 is 4.90 Å². The van der Waals surface area contributed by atoms with E-state index in [2.05, 4.69) is 14.9 Å². The van der Waals surface area contributed by atoms with Crippen LogP contribution >= 0.6 is 11.8 Å². The van der Waals surface area contributed by atoms with E-state index >= 15 is 0 Å². The Morgan fingerprint density at radius 2 is 2.31 bits per heavy atom. The smallest absolute Gasteiger partial charge is 0.131 e. The minimum absolute atomic E-state index is 1.07. The van der Waals surface area contributed by atoms with Crippen LogP contribution in [0.4, 0.5) is 5.82 Å². The zero-order valence-corrected chi connectivity index (χ0v) is 8.33. The van der Waals surface area contributed by atoms with Gasteiger partial charge in [0.2, 0.25) is 0 Å². The van der Waals surface area contributed by atoms with Gasteiger partial charge in [-0.1, -0.05) is 0 Å². The first kappa shape index (κ1) is 8.81. The molecule has 13 heavy (non-hydrogen) atoms. The maximum atomic E-state index is 4.25. The Kier molecular flexibility index (Phi) is 3.02. The molecule has 1 aromatic heterocycles. The van der Waals surface area contributed by atoms with Gasteiger partial charge in [-0.2, -0.15) is 11.8 Å². The first-order valence-electron chi connectivity index (χ1n) is 4.55. The van der Waals surface area contributed by atoms with Crippen molar-refractivity contribution in [2.24, 2.45) is 0 Å². The second-order valence-electron chi connectivity index (χ2n) is 3.02. The van der Waals surface area contributed by atoms with Crippen molar-refractivity contribution >= 4 is 17.6 Å². The molecule has 0 aliphatic carbocycles. The molecule has 0 radical (unpaired) electrons. The van der Waals surface area contributed by atoms with Crippen molar-refractivity contribution in [2.45, 2.75) is 6.42 Å². The molecule has 0 saturated carbocycles. The minimum atomic E-state index is 1.07. The van der Waals surface area contributed by atoms with Crippen LogP contribution in [0.1, 0.15) is 6.42 Å². The molecular weight excluding hydrogens is 182 g/mol. The Morgan fingerprint density at radius 3 is 3.15 bits per heavy atom. The van der Waals surface area contributed by atoms with E-state index in [-0.39, 0.29) is 0 Å². The summed E-state index contributed by atoms with van der Waals surface area (Å²) >= 11 is 2.03. The molecule has 70 valence electrons. The van der Waals surface area contributed by atoms with Crippen molar-refractivity contribution in [3.8, 4) is 0 Å². The standard InChI is InChI=1S/C9H13N3S/c1-4-12(5-7-13-6-1)9-2-3-10-8-11-9/h2-3,8H,1,4-7H2. The normalized spacial score (nSPS) is 18.3. The van der Waals surface area contributed by atoms with Gasteiger partial charge in [-0.3, -0.25) is 0 Å². The lowest BCUT2D eigenvalue weighted by atomic mass is 10.4. The van der Waals surface area contributed by atoms with E-state index in [4.69, 9.17) is 0 Å². The van der Waals surface area contributed by atoms with E-state index < -0.39 is 0 Å². The number of rotatable bonds is 1. The van der Waals surface area contributed by atoms with Gasteiger partial charge in [-0.05, 0) is 18.2 Å². The van der Waals surface area contributed by atoms with Crippen molar-refractivity contribution in [1.82, 2.24) is 9.97 Å². The van der Waals surface area contributed by atoms with E-state index in [1.807, 2.05) is 17.8 Å². The molecule has 0 N–H and O–H groups in total. The molecule has 1 saturated heterocycles. The Labute approximate surface area is 82.6 Å². The lowest BCUT2D eigenvalue weighted by Gasteiger charge is -2.20. The highest BCUT2D eigenvalue weighted by molar-refractivity contribution is 7.99. The number of thioether (sulfide) groups is 1. The largest absolute Gasteiger partial charge is 0.356 e. The number of aromatic nitrogens is 2. The predicted molar refractivity (Wildman–Crippen MR) is 56.2 cm³/mol. The highest BCUT2D eigenvalue weighted by Crippen LogP contribution is 2.15. The Balaban J connectivity index is 2.06. The third-order valence-corrected chi connectivity index (χ3v) is 3.16. The molecule has 1 aliphatic heterocycles. The summed E-state index contributed by atoms with van der Waals surface area (Å²) in [6, 6.07) is 1.98. The first-order valence-corrected chi connectivity index (χ1v) is 5.71. The molecule has 1 aromatic rings. The second-order valence-corrected chi connectivity index (χ2v) is 4.25. The molecule has 2 heterocycles. The average molecular weight is 195 g/mol. The van der Waals surface area contributed by atoms with Crippen molar-refractivity contribution in [1.29, 1.82) is 0 Å². The Morgan fingerprint density at radius 1 is 1.31 bits per heavy atom. The fourth-order valence-corrected chi connectivity index (χ4v) is 2.33. The van der Waals surface area contributed by atoms with Crippen LogP contribution in [0.25, 0.3) is 0 Å². The fourth-order valence-electron chi connectivity index (χ4n) is 1.45. The van der Waals surface area contributed by atoms with Gasteiger partial charge in [0.05, 0.1) is 0 Å². The molecule has 0 atom stereocenters. The number of nitrogens with zero attached hydrogens (tertiary/aromatic N) is 3. The lowest BCUT2D eigenvalue weighted by Crippen LogP contribution is -2.26. The van der Waals surface area contributed by atoms with Crippen LogP contribution in [0.2, 0.25) is 0 Å². The molecule has 4 heteroatoms. The summed E-state index contributed by atoms with van der Waals surface area (Å²) in [4.78, 5) is 10.5. The van der Waals surface area contributed by atoms with Gasteiger partial charge in [0, 0.05) is 25.0 Å². The van der Waals surface area contributed by atoms with Crippen LogP contribution in [0, 0.1) is 0 Å². The van der Waals surface area contributed by atoms with E-state index in [0.29, 0.717) is 0 Å². The van der Waals surface area contributed by atoms with Gasteiger partial charge in [0.25, 0.3) is 0 Å². The van der Waals surface area contributed by atoms with Crippen LogP contribution in [0.15, 0.2) is 18.6 Å². The average Bonchev–Trinajstić information content (AvgIpc) is 2.47. The van der Waals surface area contributed by atoms with Crippen LogP contribution in [-0.2, 0) is 0 Å². The molecule has 1 aliphatic rings. The zero-order chi connectivity index (χ0) is 8.93. The molecule has 2 rings (SSSR count). The highest BCUT2D eigenvalue weighted by atomic mass is 32.2. The van der Waals surface area contributed by atoms with Crippen LogP contribution in [0.5, 0.6) is 0 Å². The summed E-state index contributed by atoms with van der Waals surface area (Å²) in [7, 11) is 0. The summed E-state index contributed by atoms with van der Waals surface area (Å²) in [6.07, 6.45) is 4.68. The van der Waals surface area contributed by atoms with E-state index in [0.717, 1.165) is 18.9 Å². The zero-order valence-electron chi connectivity index (χ0n) is 7.52. The third kappa shape index (κ3) is 2.34. The lowest BCUT2D eigenvalue weighted by molar-refractivity contribution is 0.798. The molecule has 1 fully saturated rings. The number of anilines is 1. The monoisotopic (exact) mass is 195 g/mol. The molecule has 0 aromatic carbocycles. The fraction of sp³-hybridized carbons (Fsp3) is 0.556. The summed E-state index contributed by atoms with van der Waals surface area (Å²) < 4.78 is 0. The predicted octanol–water partition coefficient (Wildman–Crippen LogP) is 1.42. The maximum Gasteiger partial charge on any atom is 0.131 e. The van der Waals surface area contributed by atoms with Gasteiger partial charge >= 0.3 is 0 Å². The quantitative estimate of drug-likeness (QED) is 0.677. The SMILES string of the molecule is c1cc(N2CCCSCC2)ncn1. The topological polar surface area (TPSA) is 29.0 Å². The highest BCUT2D eigenvalue weighted by Gasteiger charge is 2.09. The van der Waals surface area contributed by atoms with Crippen molar-refractivity contribution < 1.29 is 0 Å². The molecule has 0 bridgehead atoms. The maximum absolute atomic E-state index is 4.25. The van der Waals surface area contributed by atoms with Crippen LogP contribution in [0.3, 0.4) is 0 Å². The van der Waals surface area contributed by atoms with Crippen LogP contribution in [-0.4, -0.2) is 34.6 Å². The van der Waals surface area contributed by atoms with Gasteiger partial charge < -0.3 is 4.90 Å². The van der Waals surface area contributed by atoms with Crippen molar-refractivity contribution in [3.05, 3.63) is 18.6 Å². The second kappa shape index (κ2) is 4.46. The third-order valence-electron chi connectivity index (χ3n) is 2.11. The molecular formula is C9H13N3S. The van der Waals surface area contributed by atoms with E-state index in [1.54, 1.807) is 12.5 Å². The molecule has 0 amide bonds. The van der Waals surface area contributed by atoms with Gasteiger partial charge in [0.15, 0.2) is 0 Å². The van der Waals surface area contributed by atoms with E-state index in [1.165, 1.54) is 17.9 Å². The summed E-state index contributed by atoms with van der Waals surface area (Å²) in [5.41, 5.74) is 0. The van der Waals surface area contributed by atoms with Crippen molar-refractivity contribution in [3.63, 3.8) is 0 Å². The van der Waals surface area contributed by atoms with Crippen molar-refractivity contribution in [2.75, 3.05) is 29.5 Å².